The molecule has 0 fully saturated rings. The van der Waals surface area contributed by atoms with E-state index in [-0.39, 0.29) is 12.2 Å². The second-order valence-electron chi connectivity index (χ2n) is 4.72. The summed E-state index contributed by atoms with van der Waals surface area (Å²) in [5.74, 6) is -1.74. The lowest BCUT2D eigenvalue weighted by molar-refractivity contribution is -0.146. The molecular formula is C16H18O6. The third-order valence-electron chi connectivity index (χ3n) is 3.61. The molecule has 0 amide bonds. The van der Waals surface area contributed by atoms with Crippen molar-refractivity contribution in [3.8, 4) is 11.5 Å². The summed E-state index contributed by atoms with van der Waals surface area (Å²) in [6, 6.07) is 3.40. The first-order valence-electron chi connectivity index (χ1n) is 6.88. The Morgan fingerprint density at radius 2 is 1.86 bits per heavy atom. The van der Waals surface area contributed by atoms with E-state index in [1.54, 1.807) is 19.1 Å². The SMILES string of the molecule is CCOC(=O)C1C(C(=O)O)=CCc2c(OC)ccc(OC)c21. The van der Waals surface area contributed by atoms with Crippen LogP contribution in [0.5, 0.6) is 11.5 Å². The second kappa shape index (κ2) is 6.51. The van der Waals surface area contributed by atoms with Crippen LogP contribution in [-0.2, 0) is 20.7 Å². The Bertz CT molecular complexity index is 632. The molecule has 118 valence electrons. The van der Waals surface area contributed by atoms with Crippen molar-refractivity contribution in [2.75, 3.05) is 20.8 Å². The van der Waals surface area contributed by atoms with Crippen LogP contribution in [-0.4, -0.2) is 37.9 Å². The molecule has 2 rings (SSSR count). The standard InChI is InChI=1S/C16H18O6/c1-4-22-16(19)14-10(15(17)18)6-5-9-11(20-2)7-8-12(21-3)13(9)14/h6-8,14H,4-5H2,1-3H3,(H,17,18). The fraction of sp³-hybridized carbons (Fsp3) is 0.375. The Labute approximate surface area is 128 Å². The summed E-state index contributed by atoms with van der Waals surface area (Å²) in [6.07, 6.45) is 1.88. The van der Waals surface area contributed by atoms with Crippen LogP contribution in [0.1, 0.15) is 24.0 Å². The first kappa shape index (κ1) is 15.9. The van der Waals surface area contributed by atoms with E-state index >= 15 is 0 Å². The Kier molecular flexibility index (Phi) is 4.70. The number of carboxylic acids is 1. The first-order valence-corrected chi connectivity index (χ1v) is 6.88. The lowest BCUT2D eigenvalue weighted by atomic mass is 9.80. The van der Waals surface area contributed by atoms with E-state index in [2.05, 4.69) is 0 Å². The van der Waals surface area contributed by atoms with Gasteiger partial charge in [0.05, 0.1) is 26.4 Å². The number of carboxylic acid groups (broad SMARTS) is 1. The highest BCUT2D eigenvalue weighted by atomic mass is 16.5. The number of benzene rings is 1. The fourth-order valence-corrected chi connectivity index (χ4v) is 2.69. The molecule has 1 atom stereocenters. The van der Waals surface area contributed by atoms with Gasteiger partial charge in [-0.05, 0) is 25.5 Å². The zero-order valence-electron chi connectivity index (χ0n) is 12.7. The molecule has 0 aromatic heterocycles. The smallest absolute Gasteiger partial charge is 0.332 e. The molecule has 1 aromatic rings. The second-order valence-corrected chi connectivity index (χ2v) is 4.72. The quantitative estimate of drug-likeness (QED) is 0.837. The Morgan fingerprint density at radius 3 is 2.41 bits per heavy atom. The predicted molar refractivity (Wildman–Crippen MR) is 78.3 cm³/mol. The minimum absolute atomic E-state index is 0.00231. The molecule has 22 heavy (non-hydrogen) atoms. The van der Waals surface area contributed by atoms with Crippen LogP contribution in [0.25, 0.3) is 0 Å². The minimum Gasteiger partial charge on any atom is -0.496 e. The molecule has 0 spiro atoms. The van der Waals surface area contributed by atoms with Crippen LogP contribution < -0.4 is 9.47 Å². The highest BCUT2D eigenvalue weighted by Crippen LogP contribution is 2.43. The number of hydrogen-bond donors (Lipinski definition) is 1. The Hall–Kier alpha value is -2.50. The molecule has 6 nitrogen and oxygen atoms in total. The van der Waals surface area contributed by atoms with E-state index in [1.165, 1.54) is 20.3 Å². The van der Waals surface area contributed by atoms with Crippen LogP contribution in [0.15, 0.2) is 23.8 Å². The molecule has 0 bridgehead atoms. The van der Waals surface area contributed by atoms with Crippen molar-refractivity contribution in [1.82, 2.24) is 0 Å². The predicted octanol–water partition coefficient (Wildman–Crippen LogP) is 1.92. The van der Waals surface area contributed by atoms with Gasteiger partial charge in [-0.1, -0.05) is 6.08 Å². The van der Waals surface area contributed by atoms with Gasteiger partial charge in [0.1, 0.15) is 17.4 Å². The Balaban J connectivity index is 2.66. The van der Waals surface area contributed by atoms with Crippen LogP contribution in [0, 0.1) is 0 Å². The van der Waals surface area contributed by atoms with Crippen molar-refractivity contribution in [2.24, 2.45) is 0 Å². The van der Waals surface area contributed by atoms with Gasteiger partial charge in [-0.25, -0.2) is 4.79 Å². The summed E-state index contributed by atoms with van der Waals surface area (Å²) in [5.41, 5.74) is 1.24. The van der Waals surface area contributed by atoms with Gasteiger partial charge in [0.25, 0.3) is 0 Å². The van der Waals surface area contributed by atoms with Crippen LogP contribution >= 0.6 is 0 Å². The molecule has 0 heterocycles. The third-order valence-corrected chi connectivity index (χ3v) is 3.61. The number of fused-ring (bicyclic) bond motifs is 1. The molecule has 0 radical (unpaired) electrons. The van der Waals surface area contributed by atoms with E-state index in [0.29, 0.717) is 23.5 Å². The molecule has 1 N–H and O–H groups in total. The van der Waals surface area contributed by atoms with Crippen molar-refractivity contribution in [2.45, 2.75) is 19.3 Å². The summed E-state index contributed by atoms with van der Waals surface area (Å²) in [4.78, 5) is 23.8. The van der Waals surface area contributed by atoms with Gasteiger partial charge >= 0.3 is 11.9 Å². The van der Waals surface area contributed by atoms with Gasteiger partial charge in [-0.2, -0.15) is 0 Å². The maximum atomic E-state index is 12.3. The maximum absolute atomic E-state index is 12.3. The number of hydrogen-bond acceptors (Lipinski definition) is 5. The molecular weight excluding hydrogens is 288 g/mol. The maximum Gasteiger partial charge on any atom is 0.332 e. The molecule has 0 saturated carbocycles. The first-order chi connectivity index (χ1) is 10.5. The number of ether oxygens (including phenoxy) is 3. The number of rotatable bonds is 5. The number of carbonyl (C=O) groups excluding carboxylic acids is 1. The van der Waals surface area contributed by atoms with E-state index in [9.17, 15) is 14.7 Å². The van der Waals surface area contributed by atoms with Crippen molar-refractivity contribution in [1.29, 1.82) is 0 Å². The van der Waals surface area contributed by atoms with Gasteiger partial charge in [0.2, 0.25) is 0 Å². The van der Waals surface area contributed by atoms with E-state index < -0.39 is 17.9 Å². The number of allylic oxidation sites excluding steroid dienone is 1. The molecule has 1 aliphatic rings. The average molecular weight is 306 g/mol. The zero-order chi connectivity index (χ0) is 16.3. The summed E-state index contributed by atoms with van der Waals surface area (Å²) in [6.45, 7) is 1.85. The molecule has 0 saturated heterocycles. The largest absolute Gasteiger partial charge is 0.496 e. The third kappa shape index (κ3) is 2.64. The van der Waals surface area contributed by atoms with E-state index in [1.807, 2.05) is 0 Å². The van der Waals surface area contributed by atoms with Gasteiger partial charge in [-0.3, -0.25) is 4.79 Å². The molecule has 1 aliphatic carbocycles. The Morgan fingerprint density at radius 1 is 1.23 bits per heavy atom. The van der Waals surface area contributed by atoms with Crippen LogP contribution in [0.3, 0.4) is 0 Å². The summed E-state index contributed by atoms with van der Waals surface area (Å²) < 4.78 is 15.7. The fourth-order valence-electron chi connectivity index (χ4n) is 2.69. The van der Waals surface area contributed by atoms with Gasteiger partial charge in [-0.15, -0.1) is 0 Å². The van der Waals surface area contributed by atoms with Gasteiger partial charge < -0.3 is 19.3 Å². The normalized spacial score (nSPS) is 16.3. The van der Waals surface area contributed by atoms with Crippen molar-refractivity contribution >= 4 is 11.9 Å². The van der Waals surface area contributed by atoms with Crippen molar-refractivity contribution in [3.05, 3.63) is 34.9 Å². The zero-order valence-corrected chi connectivity index (χ0v) is 12.7. The number of methoxy groups -OCH3 is 2. The van der Waals surface area contributed by atoms with Gasteiger partial charge in [0.15, 0.2) is 0 Å². The van der Waals surface area contributed by atoms with Gasteiger partial charge in [0, 0.05) is 11.1 Å². The summed E-state index contributed by atoms with van der Waals surface area (Å²) in [7, 11) is 3.00. The van der Waals surface area contributed by atoms with Crippen molar-refractivity contribution < 1.29 is 28.9 Å². The molecule has 0 aliphatic heterocycles. The number of carbonyl (C=O) groups is 2. The number of aliphatic carboxylic acids is 1. The van der Waals surface area contributed by atoms with E-state index in [0.717, 1.165) is 5.56 Å². The topological polar surface area (TPSA) is 82.1 Å². The minimum atomic E-state index is -1.14. The average Bonchev–Trinajstić information content (AvgIpc) is 2.52. The van der Waals surface area contributed by atoms with Crippen LogP contribution in [0.2, 0.25) is 0 Å². The molecule has 1 aromatic carbocycles. The highest BCUT2D eigenvalue weighted by molar-refractivity contribution is 5.99. The van der Waals surface area contributed by atoms with Crippen molar-refractivity contribution in [3.63, 3.8) is 0 Å². The molecule has 6 heteroatoms. The summed E-state index contributed by atoms with van der Waals surface area (Å²) in [5, 5.41) is 9.39. The lowest BCUT2D eigenvalue weighted by Crippen LogP contribution is -2.26. The molecule has 1 unspecified atom stereocenters. The van der Waals surface area contributed by atoms with E-state index in [4.69, 9.17) is 14.2 Å². The summed E-state index contributed by atoms with van der Waals surface area (Å²) >= 11 is 0. The monoisotopic (exact) mass is 306 g/mol. The number of esters is 1. The highest BCUT2D eigenvalue weighted by Gasteiger charge is 2.38. The lowest BCUT2D eigenvalue weighted by Gasteiger charge is -2.26. The van der Waals surface area contributed by atoms with Crippen LogP contribution in [0.4, 0.5) is 0 Å².